The van der Waals surface area contributed by atoms with E-state index in [2.05, 4.69) is 21.2 Å². The van der Waals surface area contributed by atoms with Crippen LogP contribution < -0.4 is 5.32 Å². The number of ether oxygens (including phenoxy) is 1. The molecule has 0 aliphatic heterocycles. The summed E-state index contributed by atoms with van der Waals surface area (Å²) in [6.07, 6.45) is -0.569. The van der Waals surface area contributed by atoms with Crippen molar-refractivity contribution >= 4 is 44.6 Å². The lowest BCUT2D eigenvalue weighted by atomic mass is 10.3. The van der Waals surface area contributed by atoms with Gasteiger partial charge < -0.3 is 15.2 Å². The van der Waals surface area contributed by atoms with E-state index < -0.39 is 6.10 Å². The van der Waals surface area contributed by atoms with Gasteiger partial charge >= 0.3 is 0 Å². The van der Waals surface area contributed by atoms with E-state index in [0.29, 0.717) is 24.8 Å². The molecule has 0 aliphatic rings. The van der Waals surface area contributed by atoms with Gasteiger partial charge in [0.1, 0.15) is 0 Å². The van der Waals surface area contributed by atoms with Crippen molar-refractivity contribution in [3.8, 4) is 0 Å². The van der Waals surface area contributed by atoms with Crippen molar-refractivity contribution in [2.24, 2.45) is 0 Å². The van der Waals surface area contributed by atoms with Gasteiger partial charge in [0, 0.05) is 26.6 Å². The summed E-state index contributed by atoms with van der Waals surface area (Å²) in [5.41, 5.74) is 0.856. The molecule has 1 aromatic heterocycles. The molecule has 20 heavy (non-hydrogen) atoms. The maximum atomic E-state index is 9.87. The summed E-state index contributed by atoms with van der Waals surface area (Å²) in [4.78, 5) is 1.16. The molecule has 3 nitrogen and oxygen atoms in total. The largest absolute Gasteiger partial charge is 0.389 e. The molecule has 6 heteroatoms. The Balaban J connectivity index is 1.71. The summed E-state index contributed by atoms with van der Waals surface area (Å²) in [5.74, 6) is 0. The molecule has 108 valence electrons. The molecule has 0 saturated carbocycles. The molecule has 1 atom stereocenters. The number of halogens is 2. The van der Waals surface area contributed by atoms with Gasteiger partial charge in [-0.2, -0.15) is 0 Å². The first-order valence-electron chi connectivity index (χ1n) is 6.12. The summed E-state index contributed by atoms with van der Waals surface area (Å²) in [7, 11) is 0. The van der Waals surface area contributed by atoms with E-state index in [-0.39, 0.29) is 0 Å². The number of thiophene rings is 1. The minimum atomic E-state index is -0.569. The van der Waals surface area contributed by atoms with Crippen LogP contribution in [0, 0.1) is 0 Å². The molecule has 0 amide bonds. The normalized spacial score (nSPS) is 12.3. The van der Waals surface area contributed by atoms with Crippen LogP contribution in [0.1, 0.15) is 4.88 Å². The Labute approximate surface area is 135 Å². The zero-order valence-corrected chi connectivity index (χ0v) is 13.8. The average molecular weight is 377 g/mol. The molecular weight excluding hydrogens is 362 g/mol. The topological polar surface area (TPSA) is 41.5 Å². The lowest BCUT2D eigenvalue weighted by molar-refractivity contribution is 0.0359. The Hall–Kier alpha value is -0.590. The molecule has 0 spiro atoms. The quantitative estimate of drug-likeness (QED) is 0.762. The molecule has 0 bridgehead atoms. The fourth-order valence-electron chi connectivity index (χ4n) is 1.61. The molecule has 2 rings (SSSR count). The van der Waals surface area contributed by atoms with Gasteiger partial charge in [0.25, 0.3) is 0 Å². The standard InChI is InChI=1S/C14H15BrClNO2S/c15-13-4-3-10(16)6-14(13)17-7-11(18)8-19-9-12-2-1-5-20-12/h1-6,11,17-18H,7-9H2. The first kappa shape index (κ1) is 15.8. The minimum Gasteiger partial charge on any atom is -0.389 e. The van der Waals surface area contributed by atoms with Gasteiger partial charge in [-0.3, -0.25) is 0 Å². The maximum absolute atomic E-state index is 9.87. The van der Waals surface area contributed by atoms with Crippen LogP contribution in [0.5, 0.6) is 0 Å². The number of rotatable bonds is 7. The number of nitrogens with one attached hydrogen (secondary N) is 1. The van der Waals surface area contributed by atoms with Crippen molar-refractivity contribution in [2.75, 3.05) is 18.5 Å². The van der Waals surface area contributed by atoms with Gasteiger partial charge in [0.2, 0.25) is 0 Å². The molecule has 1 aromatic carbocycles. The van der Waals surface area contributed by atoms with E-state index in [4.69, 9.17) is 16.3 Å². The average Bonchev–Trinajstić information content (AvgIpc) is 2.93. The molecule has 2 aromatic rings. The van der Waals surface area contributed by atoms with Gasteiger partial charge in [-0.25, -0.2) is 0 Å². The fraction of sp³-hybridized carbons (Fsp3) is 0.286. The summed E-state index contributed by atoms with van der Waals surface area (Å²) in [6.45, 7) is 1.24. The zero-order valence-electron chi connectivity index (χ0n) is 10.7. The summed E-state index contributed by atoms with van der Waals surface area (Å²) >= 11 is 11.0. The lowest BCUT2D eigenvalue weighted by Crippen LogP contribution is -2.24. The first-order valence-corrected chi connectivity index (χ1v) is 8.17. The third-order valence-corrected chi connectivity index (χ3v) is 4.37. The highest BCUT2D eigenvalue weighted by Crippen LogP contribution is 2.25. The van der Waals surface area contributed by atoms with Crippen LogP contribution in [0.15, 0.2) is 40.2 Å². The number of aliphatic hydroxyl groups is 1. The van der Waals surface area contributed by atoms with E-state index >= 15 is 0 Å². The highest BCUT2D eigenvalue weighted by Gasteiger charge is 2.07. The van der Waals surface area contributed by atoms with Gasteiger partial charge in [-0.15, -0.1) is 11.3 Å². The molecule has 0 radical (unpaired) electrons. The second-order valence-electron chi connectivity index (χ2n) is 4.25. The molecule has 2 N–H and O–H groups in total. The Morgan fingerprint density at radius 2 is 2.25 bits per heavy atom. The van der Waals surface area contributed by atoms with Gasteiger partial charge in [0.15, 0.2) is 0 Å². The highest BCUT2D eigenvalue weighted by atomic mass is 79.9. The second-order valence-corrected chi connectivity index (χ2v) is 6.58. The number of benzene rings is 1. The fourth-order valence-corrected chi connectivity index (χ4v) is 2.81. The van der Waals surface area contributed by atoms with Crippen molar-refractivity contribution in [1.82, 2.24) is 0 Å². The van der Waals surface area contributed by atoms with Crippen LogP contribution in [-0.2, 0) is 11.3 Å². The monoisotopic (exact) mass is 375 g/mol. The van der Waals surface area contributed by atoms with E-state index in [0.717, 1.165) is 15.0 Å². The molecule has 0 fully saturated rings. The predicted octanol–water partition coefficient (Wildman–Crippen LogP) is 4.15. The molecule has 1 heterocycles. The predicted molar refractivity (Wildman–Crippen MR) is 87.6 cm³/mol. The van der Waals surface area contributed by atoms with Crippen LogP contribution in [0.2, 0.25) is 5.02 Å². The van der Waals surface area contributed by atoms with Crippen LogP contribution in [0.4, 0.5) is 5.69 Å². The molecule has 0 aliphatic carbocycles. The van der Waals surface area contributed by atoms with E-state index in [1.54, 1.807) is 17.4 Å². The smallest absolute Gasteiger partial charge is 0.0945 e. The van der Waals surface area contributed by atoms with E-state index in [1.165, 1.54) is 0 Å². The van der Waals surface area contributed by atoms with Crippen LogP contribution in [0.25, 0.3) is 0 Å². The number of aliphatic hydroxyl groups excluding tert-OH is 1. The SMILES string of the molecule is OC(CNc1cc(Cl)ccc1Br)COCc1cccs1. The zero-order chi connectivity index (χ0) is 14.4. The summed E-state index contributed by atoms with van der Waals surface area (Å²) in [6, 6.07) is 9.48. The third kappa shape index (κ3) is 5.07. The summed E-state index contributed by atoms with van der Waals surface area (Å²) < 4.78 is 6.38. The number of anilines is 1. The summed E-state index contributed by atoms with van der Waals surface area (Å²) in [5, 5.41) is 15.7. The van der Waals surface area contributed by atoms with Gasteiger partial charge in [-0.1, -0.05) is 17.7 Å². The van der Waals surface area contributed by atoms with Crippen molar-refractivity contribution in [1.29, 1.82) is 0 Å². The van der Waals surface area contributed by atoms with Crippen molar-refractivity contribution in [3.05, 3.63) is 50.1 Å². The van der Waals surface area contributed by atoms with Crippen molar-refractivity contribution in [2.45, 2.75) is 12.7 Å². The minimum absolute atomic E-state index is 0.295. The van der Waals surface area contributed by atoms with E-state index in [1.807, 2.05) is 29.6 Å². The Bertz CT molecular complexity index is 536. The van der Waals surface area contributed by atoms with Gasteiger partial charge in [0.05, 0.1) is 19.3 Å². The number of hydrogen-bond donors (Lipinski definition) is 2. The first-order chi connectivity index (χ1) is 9.65. The van der Waals surface area contributed by atoms with Crippen LogP contribution >= 0.6 is 38.9 Å². The van der Waals surface area contributed by atoms with Gasteiger partial charge in [-0.05, 0) is 45.6 Å². The second kappa shape index (κ2) is 8.00. The Morgan fingerprint density at radius 3 is 3.00 bits per heavy atom. The third-order valence-electron chi connectivity index (χ3n) is 2.59. The van der Waals surface area contributed by atoms with Crippen LogP contribution in [0.3, 0.4) is 0 Å². The Morgan fingerprint density at radius 1 is 1.40 bits per heavy atom. The van der Waals surface area contributed by atoms with E-state index in [9.17, 15) is 5.11 Å². The van der Waals surface area contributed by atoms with Crippen molar-refractivity contribution in [3.63, 3.8) is 0 Å². The Kier molecular flexibility index (Phi) is 6.32. The molecular formula is C14H15BrClNO2S. The number of hydrogen-bond acceptors (Lipinski definition) is 4. The lowest BCUT2D eigenvalue weighted by Gasteiger charge is -2.14. The molecule has 1 unspecified atom stereocenters. The molecule has 0 saturated heterocycles. The van der Waals surface area contributed by atoms with Crippen molar-refractivity contribution < 1.29 is 9.84 Å². The van der Waals surface area contributed by atoms with Crippen LogP contribution in [-0.4, -0.2) is 24.4 Å². The highest BCUT2D eigenvalue weighted by molar-refractivity contribution is 9.10. The maximum Gasteiger partial charge on any atom is 0.0945 e.